The minimum atomic E-state index is -2.37. The normalized spacial score (nSPS) is 35.5. The molecule has 0 spiro atoms. The Morgan fingerprint density at radius 2 is 1.64 bits per heavy atom. The van der Waals surface area contributed by atoms with Gasteiger partial charge in [0.1, 0.15) is 0 Å². The molecule has 66 valence electrons. The molecule has 0 N–H and O–H groups in total. The van der Waals surface area contributed by atoms with E-state index in [4.69, 9.17) is 0 Å². The van der Waals surface area contributed by atoms with Crippen molar-refractivity contribution in [2.75, 3.05) is 0 Å². The highest BCUT2D eigenvalue weighted by molar-refractivity contribution is 5.03. The number of hydrogen-bond donors (Lipinski definition) is 0. The number of rotatable bonds is 1. The molecular formula is C9H16F2. The highest BCUT2D eigenvalue weighted by Gasteiger charge is 2.65. The third kappa shape index (κ3) is 1.71. The quantitative estimate of drug-likeness (QED) is 0.554. The lowest BCUT2D eigenvalue weighted by atomic mass is 9.89. The van der Waals surface area contributed by atoms with Crippen LogP contribution >= 0.6 is 0 Å². The monoisotopic (exact) mass is 162 g/mol. The number of halogens is 2. The van der Waals surface area contributed by atoms with Gasteiger partial charge in [-0.05, 0) is 11.8 Å². The molecule has 0 heterocycles. The number of alkyl halides is 2. The first-order valence-electron chi connectivity index (χ1n) is 4.13. The van der Waals surface area contributed by atoms with E-state index in [1.807, 2.05) is 20.8 Å². The van der Waals surface area contributed by atoms with Crippen molar-refractivity contribution >= 4 is 0 Å². The molecule has 2 unspecified atom stereocenters. The summed E-state index contributed by atoms with van der Waals surface area (Å²) < 4.78 is 25.4. The van der Waals surface area contributed by atoms with Crippen molar-refractivity contribution in [2.45, 2.75) is 40.0 Å². The van der Waals surface area contributed by atoms with Gasteiger partial charge in [0.2, 0.25) is 0 Å². The van der Waals surface area contributed by atoms with Crippen molar-refractivity contribution in [3.63, 3.8) is 0 Å². The summed E-state index contributed by atoms with van der Waals surface area (Å²) in [7, 11) is 0. The van der Waals surface area contributed by atoms with E-state index in [9.17, 15) is 8.78 Å². The summed E-state index contributed by atoms with van der Waals surface area (Å²) in [5.41, 5.74) is 0.0405. The first kappa shape index (κ1) is 8.95. The fraction of sp³-hybridized carbons (Fsp3) is 1.00. The molecule has 11 heavy (non-hydrogen) atoms. The van der Waals surface area contributed by atoms with Gasteiger partial charge in [-0.25, -0.2) is 8.78 Å². The molecule has 2 atom stereocenters. The Kier molecular flexibility index (Phi) is 1.77. The van der Waals surface area contributed by atoms with Crippen LogP contribution in [0.4, 0.5) is 8.78 Å². The molecule has 0 aromatic heterocycles. The zero-order valence-corrected chi connectivity index (χ0v) is 7.62. The van der Waals surface area contributed by atoms with E-state index < -0.39 is 5.92 Å². The molecule has 1 saturated carbocycles. The summed E-state index contributed by atoms with van der Waals surface area (Å²) in [6.45, 7) is 7.66. The summed E-state index contributed by atoms with van der Waals surface area (Å²) in [6.07, 6.45) is 0.640. The zero-order chi connectivity index (χ0) is 8.86. The molecule has 2 heteroatoms. The lowest BCUT2D eigenvalue weighted by molar-refractivity contribution is 0.0786. The molecule has 1 rings (SSSR count). The molecule has 0 amide bonds. The fourth-order valence-corrected chi connectivity index (χ4v) is 1.53. The predicted octanol–water partition coefficient (Wildman–Crippen LogP) is 3.32. The van der Waals surface area contributed by atoms with Gasteiger partial charge in [-0.3, -0.25) is 0 Å². The molecular weight excluding hydrogens is 146 g/mol. The first-order chi connectivity index (χ1) is 4.75. The van der Waals surface area contributed by atoms with Crippen LogP contribution in [0.3, 0.4) is 0 Å². The highest BCUT2D eigenvalue weighted by Crippen LogP contribution is 2.58. The van der Waals surface area contributed by atoms with E-state index in [2.05, 4.69) is 0 Å². The van der Waals surface area contributed by atoms with Crippen LogP contribution in [0.5, 0.6) is 0 Å². The van der Waals surface area contributed by atoms with Gasteiger partial charge < -0.3 is 0 Å². The second-order valence-electron chi connectivity index (χ2n) is 4.83. The maximum absolute atomic E-state index is 12.7. The van der Waals surface area contributed by atoms with Crippen LogP contribution in [0.25, 0.3) is 0 Å². The van der Waals surface area contributed by atoms with Gasteiger partial charge in [-0.2, -0.15) is 0 Å². The smallest absolute Gasteiger partial charge is 0.206 e. The van der Waals surface area contributed by atoms with Gasteiger partial charge in [0.25, 0.3) is 5.92 Å². The van der Waals surface area contributed by atoms with E-state index in [-0.39, 0.29) is 17.3 Å². The van der Waals surface area contributed by atoms with Crippen LogP contribution in [0.1, 0.15) is 34.1 Å². The third-order valence-electron chi connectivity index (χ3n) is 2.43. The second-order valence-corrected chi connectivity index (χ2v) is 4.83. The summed E-state index contributed by atoms with van der Waals surface area (Å²) in [5, 5.41) is 0. The topological polar surface area (TPSA) is 0 Å². The van der Waals surface area contributed by atoms with Crippen LogP contribution in [0, 0.1) is 17.3 Å². The number of hydrogen-bond acceptors (Lipinski definition) is 0. The molecule has 1 fully saturated rings. The fourth-order valence-electron chi connectivity index (χ4n) is 1.53. The molecule has 1 aliphatic rings. The van der Waals surface area contributed by atoms with Gasteiger partial charge in [-0.15, -0.1) is 0 Å². The van der Waals surface area contributed by atoms with Gasteiger partial charge in [-0.1, -0.05) is 27.7 Å². The van der Waals surface area contributed by atoms with E-state index in [0.717, 1.165) is 0 Å². The van der Waals surface area contributed by atoms with Crippen molar-refractivity contribution in [2.24, 2.45) is 17.3 Å². The Balaban J connectivity index is 2.44. The average Bonchev–Trinajstić information content (AvgIpc) is 2.14. The molecule has 0 aliphatic heterocycles. The summed E-state index contributed by atoms with van der Waals surface area (Å²) in [4.78, 5) is 0. The molecule has 0 aromatic rings. The summed E-state index contributed by atoms with van der Waals surface area (Å²) in [5.74, 6) is -3.11. The molecule has 0 saturated heterocycles. The Morgan fingerprint density at radius 3 is 1.73 bits per heavy atom. The van der Waals surface area contributed by atoms with E-state index in [0.29, 0.717) is 6.42 Å². The summed E-state index contributed by atoms with van der Waals surface area (Å²) >= 11 is 0. The van der Waals surface area contributed by atoms with Gasteiger partial charge in [0.15, 0.2) is 0 Å². The highest BCUT2D eigenvalue weighted by atomic mass is 19.3. The van der Waals surface area contributed by atoms with Crippen LogP contribution < -0.4 is 0 Å². The Labute approximate surface area is 67.0 Å². The SMILES string of the molecule is CC1C(CC(C)(C)C)C1(F)F. The van der Waals surface area contributed by atoms with Crippen molar-refractivity contribution in [1.29, 1.82) is 0 Å². The van der Waals surface area contributed by atoms with Crippen LogP contribution in [0.15, 0.2) is 0 Å². The molecule has 1 aliphatic carbocycles. The van der Waals surface area contributed by atoms with Crippen molar-refractivity contribution in [1.82, 2.24) is 0 Å². The lowest BCUT2D eigenvalue weighted by Gasteiger charge is -2.17. The van der Waals surface area contributed by atoms with Crippen LogP contribution in [-0.4, -0.2) is 5.92 Å². The average molecular weight is 162 g/mol. The van der Waals surface area contributed by atoms with Crippen LogP contribution in [0.2, 0.25) is 0 Å². The first-order valence-corrected chi connectivity index (χ1v) is 4.13. The standard InChI is InChI=1S/C9H16F2/c1-6-7(9(6,10)11)5-8(2,3)4/h6-7H,5H2,1-4H3. The minimum absolute atomic E-state index is 0.0405. The van der Waals surface area contributed by atoms with Crippen molar-refractivity contribution < 1.29 is 8.78 Å². The molecule has 0 nitrogen and oxygen atoms in total. The van der Waals surface area contributed by atoms with Gasteiger partial charge in [0, 0.05) is 11.8 Å². The van der Waals surface area contributed by atoms with E-state index in [1.54, 1.807) is 6.92 Å². The van der Waals surface area contributed by atoms with E-state index >= 15 is 0 Å². The second kappa shape index (κ2) is 2.18. The predicted molar refractivity (Wildman–Crippen MR) is 41.7 cm³/mol. The summed E-state index contributed by atoms with van der Waals surface area (Å²) in [6, 6.07) is 0. The zero-order valence-electron chi connectivity index (χ0n) is 7.62. The Hall–Kier alpha value is -0.140. The molecule has 0 aromatic carbocycles. The third-order valence-corrected chi connectivity index (χ3v) is 2.43. The Morgan fingerprint density at radius 1 is 1.27 bits per heavy atom. The minimum Gasteiger partial charge on any atom is -0.206 e. The lowest BCUT2D eigenvalue weighted by Crippen LogP contribution is -2.08. The molecule has 0 radical (unpaired) electrons. The Bertz CT molecular complexity index is 155. The van der Waals surface area contributed by atoms with Gasteiger partial charge >= 0.3 is 0 Å². The van der Waals surface area contributed by atoms with E-state index in [1.165, 1.54) is 0 Å². The largest absolute Gasteiger partial charge is 0.254 e. The van der Waals surface area contributed by atoms with Crippen molar-refractivity contribution in [3.05, 3.63) is 0 Å². The van der Waals surface area contributed by atoms with Gasteiger partial charge in [0.05, 0.1) is 0 Å². The maximum Gasteiger partial charge on any atom is 0.254 e. The van der Waals surface area contributed by atoms with Crippen LogP contribution in [-0.2, 0) is 0 Å². The molecule has 0 bridgehead atoms. The van der Waals surface area contributed by atoms with Crippen molar-refractivity contribution in [3.8, 4) is 0 Å². The maximum atomic E-state index is 12.7.